The highest BCUT2D eigenvalue weighted by Crippen LogP contribution is 2.36. The van der Waals surface area contributed by atoms with Crippen LogP contribution in [0.5, 0.6) is 5.75 Å². The van der Waals surface area contributed by atoms with Crippen molar-refractivity contribution in [2.45, 2.75) is 44.8 Å². The number of carbonyl (C=O) groups is 1. The third-order valence-corrected chi connectivity index (χ3v) is 8.00. The lowest BCUT2D eigenvalue weighted by atomic mass is 10.0. The number of anilines is 1. The molecule has 2 saturated heterocycles. The van der Waals surface area contributed by atoms with Gasteiger partial charge in [-0.1, -0.05) is 41.4 Å². The van der Waals surface area contributed by atoms with Gasteiger partial charge in [-0.3, -0.25) is 4.79 Å². The summed E-state index contributed by atoms with van der Waals surface area (Å²) >= 11 is 12.7. The largest absolute Gasteiger partial charge is 0.482 e. The Hall–Kier alpha value is -2.80. The molecule has 0 radical (unpaired) electrons. The summed E-state index contributed by atoms with van der Waals surface area (Å²) in [7, 11) is 0. The van der Waals surface area contributed by atoms with E-state index in [1.165, 1.54) is 12.8 Å². The number of hydrogen-bond acceptors (Lipinski definition) is 5. The molecule has 2 aromatic carbocycles. The smallest absolute Gasteiger partial charge is 0.254 e. The van der Waals surface area contributed by atoms with E-state index in [9.17, 15) is 4.79 Å². The molecule has 2 unspecified atom stereocenters. The second-order valence-corrected chi connectivity index (χ2v) is 10.7. The number of amides is 1. The zero-order chi connectivity index (χ0) is 25.9. The van der Waals surface area contributed by atoms with Gasteiger partial charge in [0.2, 0.25) is 0 Å². The predicted molar refractivity (Wildman–Crippen MR) is 149 cm³/mol. The quantitative estimate of drug-likeness (QED) is 0.372. The fraction of sp³-hybridized carbons (Fsp3) is 0.379. The Labute approximate surface area is 228 Å². The van der Waals surface area contributed by atoms with Gasteiger partial charge in [0.05, 0.1) is 0 Å². The van der Waals surface area contributed by atoms with E-state index in [0.29, 0.717) is 26.9 Å². The molecule has 2 atom stereocenters. The first kappa shape index (κ1) is 25.8. The average Bonchev–Trinajstić information content (AvgIpc) is 3.57. The minimum atomic E-state index is -0.434. The van der Waals surface area contributed by atoms with Crippen molar-refractivity contribution in [1.29, 1.82) is 0 Å². The molecule has 37 heavy (non-hydrogen) atoms. The predicted octanol–water partition coefficient (Wildman–Crippen LogP) is 6.48. The van der Waals surface area contributed by atoms with Crippen LogP contribution in [0, 0.1) is 0 Å². The molecule has 2 aliphatic rings. The molecule has 8 heteroatoms. The van der Waals surface area contributed by atoms with Crippen LogP contribution in [-0.4, -0.2) is 52.9 Å². The number of pyridine rings is 1. The third-order valence-electron chi connectivity index (χ3n) is 7.34. The van der Waals surface area contributed by atoms with Crippen molar-refractivity contribution in [3.05, 3.63) is 75.9 Å². The van der Waals surface area contributed by atoms with E-state index in [-0.39, 0.29) is 17.8 Å². The van der Waals surface area contributed by atoms with E-state index in [2.05, 4.69) is 14.8 Å². The maximum atomic E-state index is 13.5. The molecular weight excluding hydrogens is 507 g/mol. The zero-order valence-electron chi connectivity index (χ0n) is 21.0. The summed E-state index contributed by atoms with van der Waals surface area (Å²) in [5.41, 5.74) is 9.21. The van der Waals surface area contributed by atoms with Crippen LogP contribution in [0.1, 0.15) is 54.6 Å². The van der Waals surface area contributed by atoms with Crippen LogP contribution in [0.2, 0.25) is 10.0 Å². The summed E-state index contributed by atoms with van der Waals surface area (Å²) < 4.78 is 6.16. The van der Waals surface area contributed by atoms with Crippen LogP contribution in [0.3, 0.4) is 0 Å². The number of rotatable bonds is 7. The van der Waals surface area contributed by atoms with E-state index in [1.54, 1.807) is 24.4 Å². The number of halogens is 2. The Morgan fingerprint density at radius 1 is 1.05 bits per heavy atom. The molecule has 0 aliphatic carbocycles. The fourth-order valence-corrected chi connectivity index (χ4v) is 6.11. The number of ether oxygens (including phenoxy) is 1. The monoisotopic (exact) mass is 538 g/mol. The molecule has 194 valence electrons. The average molecular weight is 540 g/mol. The molecule has 1 aromatic heterocycles. The van der Waals surface area contributed by atoms with Gasteiger partial charge in [0.1, 0.15) is 6.10 Å². The number of hydrogen-bond donors (Lipinski definition) is 1. The van der Waals surface area contributed by atoms with Gasteiger partial charge in [-0.2, -0.15) is 0 Å². The Morgan fingerprint density at radius 3 is 2.54 bits per heavy atom. The van der Waals surface area contributed by atoms with Crippen molar-refractivity contribution in [1.82, 2.24) is 14.8 Å². The van der Waals surface area contributed by atoms with Crippen LogP contribution >= 0.6 is 23.2 Å². The molecule has 0 spiro atoms. The molecular formula is C29H32Cl2N4O2. The van der Waals surface area contributed by atoms with Crippen LogP contribution in [-0.2, 0) is 0 Å². The standard InChI is InChI=1S/C29H32Cl2N4O2/c1-19(27-24(30)10-5-11-25(27)31)37-26-16-22(17-33-28(26)32)20-7-4-8-21(15-20)29(36)35-14-6-9-23(35)18-34-12-2-3-13-34/h4-5,7-8,10-11,15-17,19,23H,2-3,6,9,12-14,18H2,1H3,(H2,32,33). The van der Waals surface area contributed by atoms with Gasteiger partial charge >= 0.3 is 0 Å². The normalized spacial score (nSPS) is 18.8. The topological polar surface area (TPSA) is 71.7 Å². The zero-order valence-corrected chi connectivity index (χ0v) is 22.5. The van der Waals surface area contributed by atoms with E-state index < -0.39 is 6.10 Å². The molecule has 3 heterocycles. The molecule has 6 nitrogen and oxygen atoms in total. The Bertz CT molecular complexity index is 1260. The highest BCUT2D eigenvalue weighted by atomic mass is 35.5. The van der Waals surface area contributed by atoms with E-state index in [4.69, 9.17) is 33.7 Å². The van der Waals surface area contributed by atoms with Gasteiger partial charge in [0.15, 0.2) is 11.6 Å². The highest BCUT2D eigenvalue weighted by Gasteiger charge is 2.31. The number of nitrogen functional groups attached to an aromatic ring is 1. The van der Waals surface area contributed by atoms with Crippen LogP contribution in [0.15, 0.2) is 54.7 Å². The minimum absolute atomic E-state index is 0.0883. The first-order chi connectivity index (χ1) is 17.9. The number of nitrogens with two attached hydrogens (primary N) is 1. The molecule has 5 rings (SSSR count). The van der Waals surface area contributed by atoms with Crippen LogP contribution in [0.25, 0.3) is 11.1 Å². The molecule has 2 aliphatic heterocycles. The van der Waals surface area contributed by atoms with Crippen LogP contribution in [0.4, 0.5) is 5.82 Å². The Balaban J connectivity index is 1.35. The van der Waals surface area contributed by atoms with Crippen molar-refractivity contribution < 1.29 is 9.53 Å². The number of aromatic nitrogens is 1. The first-order valence-electron chi connectivity index (χ1n) is 12.9. The lowest BCUT2D eigenvalue weighted by molar-refractivity contribution is 0.0709. The van der Waals surface area contributed by atoms with Gasteiger partial charge in [-0.25, -0.2) is 4.98 Å². The number of likely N-dealkylation sites (tertiary alicyclic amines) is 2. The molecule has 2 N–H and O–H groups in total. The summed E-state index contributed by atoms with van der Waals surface area (Å²) in [6.07, 6.45) is 5.90. The lowest BCUT2D eigenvalue weighted by Crippen LogP contribution is -2.42. The molecule has 0 saturated carbocycles. The molecule has 2 fully saturated rings. The van der Waals surface area contributed by atoms with Gasteiger partial charge in [-0.05, 0) is 81.6 Å². The van der Waals surface area contributed by atoms with Crippen molar-refractivity contribution in [3.63, 3.8) is 0 Å². The number of carbonyl (C=O) groups excluding carboxylic acids is 1. The summed E-state index contributed by atoms with van der Waals surface area (Å²) in [5.74, 6) is 0.793. The van der Waals surface area contributed by atoms with Crippen LogP contribution < -0.4 is 10.5 Å². The molecule has 3 aromatic rings. The molecule has 1 amide bonds. The lowest BCUT2D eigenvalue weighted by Gasteiger charge is -2.28. The van der Waals surface area contributed by atoms with Crippen molar-refractivity contribution in [3.8, 4) is 16.9 Å². The SMILES string of the molecule is CC(Oc1cc(-c2cccc(C(=O)N3CCCC3CN3CCCC3)c2)cnc1N)c1c(Cl)cccc1Cl. The second-order valence-electron chi connectivity index (χ2n) is 9.89. The maximum absolute atomic E-state index is 13.5. The first-order valence-corrected chi connectivity index (χ1v) is 13.7. The van der Waals surface area contributed by atoms with Gasteiger partial charge in [0.25, 0.3) is 5.91 Å². The Morgan fingerprint density at radius 2 is 1.78 bits per heavy atom. The summed E-state index contributed by atoms with van der Waals surface area (Å²) in [4.78, 5) is 22.4. The molecule has 0 bridgehead atoms. The number of nitrogens with zero attached hydrogens (tertiary/aromatic N) is 3. The van der Waals surface area contributed by atoms with Gasteiger partial charge in [-0.15, -0.1) is 0 Å². The fourth-order valence-electron chi connectivity index (χ4n) is 5.41. The second kappa shape index (κ2) is 11.3. The van der Waals surface area contributed by atoms with E-state index in [0.717, 1.165) is 50.1 Å². The van der Waals surface area contributed by atoms with Gasteiger partial charge in [0, 0.05) is 52.1 Å². The third kappa shape index (κ3) is 5.71. The number of benzene rings is 2. The van der Waals surface area contributed by atoms with Crippen molar-refractivity contribution in [2.24, 2.45) is 0 Å². The van der Waals surface area contributed by atoms with Crippen molar-refractivity contribution >= 4 is 34.9 Å². The van der Waals surface area contributed by atoms with Crippen molar-refractivity contribution in [2.75, 3.05) is 31.9 Å². The summed E-state index contributed by atoms with van der Waals surface area (Å²) in [6, 6.07) is 15.2. The maximum Gasteiger partial charge on any atom is 0.254 e. The summed E-state index contributed by atoms with van der Waals surface area (Å²) in [5, 5.41) is 1.05. The Kier molecular flexibility index (Phi) is 7.89. The summed E-state index contributed by atoms with van der Waals surface area (Å²) in [6.45, 7) is 5.94. The highest BCUT2D eigenvalue weighted by molar-refractivity contribution is 6.36. The van der Waals surface area contributed by atoms with E-state index >= 15 is 0 Å². The minimum Gasteiger partial charge on any atom is -0.482 e. The van der Waals surface area contributed by atoms with E-state index in [1.807, 2.05) is 37.3 Å². The van der Waals surface area contributed by atoms with Gasteiger partial charge < -0.3 is 20.3 Å².